The van der Waals surface area contributed by atoms with Crippen molar-refractivity contribution in [1.29, 1.82) is 0 Å². The predicted octanol–water partition coefficient (Wildman–Crippen LogP) is 4.13. The largest absolute Gasteiger partial charge is 0.314 e. The summed E-state index contributed by atoms with van der Waals surface area (Å²) in [5.74, 6) is 1.02. The van der Waals surface area contributed by atoms with E-state index in [2.05, 4.69) is 19.2 Å². The third-order valence-corrected chi connectivity index (χ3v) is 3.68. The van der Waals surface area contributed by atoms with Crippen LogP contribution in [0.25, 0.3) is 0 Å². The van der Waals surface area contributed by atoms with Gasteiger partial charge in [-0.15, -0.1) is 0 Å². The van der Waals surface area contributed by atoms with Gasteiger partial charge in [-0.2, -0.15) is 0 Å². The maximum Gasteiger partial charge on any atom is 0.00413 e. The third-order valence-electron chi connectivity index (χ3n) is 3.68. The topological polar surface area (TPSA) is 12.0 Å². The lowest BCUT2D eigenvalue weighted by atomic mass is 9.85. The van der Waals surface area contributed by atoms with E-state index >= 15 is 0 Å². The minimum absolute atomic E-state index is 0.741. The molecule has 0 radical (unpaired) electrons. The summed E-state index contributed by atoms with van der Waals surface area (Å²) in [6.45, 7) is 5.85. The highest BCUT2D eigenvalue weighted by atomic mass is 14.9. The van der Waals surface area contributed by atoms with Crippen LogP contribution in [0.15, 0.2) is 0 Å². The number of rotatable bonds is 7. The molecule has 0 bridgehead atoms. The molecule has 1 nitrogen and oxygen atoms in total. The molecule has 0 heterocycles. The first kappa shape index (κ1) is 13.0. The van der Waals surface area contributed by atoms with E-state index in [-0.39, 0.29) is 0 Å². The second-order valence-electron chi connectivity index (χ2n) is 5.30. The first-order valence-electron chi connectivity index (χ1n) is 7.06. The van der Waals surface area contributed by atoms with Gasteiger partial charge >= 0.3 is 0 Å². The van der Waals surface area contributed by atoms with E-state index < -0.39 is 0 Å². The van der Waals surface area contributed by atoms with Crippen LogP contribution in [0.5, 0.6) is 0 Å². The Morgan fingerprint density at radius 3 is 2.53 bits per heavy atom. The highest BCUT2D eigenvalue weighted by Crippen LogP contribution is 2.27. The maximum atomic E-state index is 3.66. The van der Waals surface area contributed by atoms with E-state index in [4.69, 9.17) is 0 Å². The lowest BCUT2D eigenvalue weighted by Gasteiger charge is -2.25. The minimum Gasteiger partial charge on any atom is -0.314 e. The van der Waals surface area contributed by atoms with Gasteiger partial charge in [0.25, 0.3) is 0 Å². The van der Waals surface area contributed by atoms with Gasteiger partial charge in [0.2, 0.25) is 0 Å². The number of hydrogen-bond acceptors (Lipinski definition) is 1. The molecule has 1 unspecified atom stereocenters. The Bertz CT molecular complexity index is 138. The van der Waals surface area contributed by atoms with Crippen LogP contribution < -0.4 is 5.32 Å². The zero-order valence-corrected chi connectivity index (χ0v) is 10.7. The van der Waals surface area contributed by atoms with Crippen LogP contribution in [-0.4, -0.2) is 12.6 Å². The van der Waals surface area contributed by atoms with Gasteiger partial charge in [-0.05, 0) is 32.2 Å². The zero-order valence-electron chi connectivity index (χ0n) is 10.7. The summed E-state index contributed by atoms with van der Waals surface area (Å²) < 4.78 is 0. The van der Waals surface area contributed by atoms with Crippen LogP contribution in [-0.2, 0) is 0 Å². The van der Waals surface area contributed by atoms with Crippen molar-refractivity contribution in [1.82, 2.24) is 5.32 Å². The number of hydrogen-bond donors (Lipinski definition) is 1. The molecule has 0 aliphatic heterocycles. The average molecular weight is 211 g/mol. The van der Waals surface area contributed by atoms with Crippen molar-refractivity contribution in [2.45, 2.75) is 77.7 Å². The summed E-state index contributed by atoms with van der Waals surface area (Å²) in [7, 11) is 0. The fourth-order valence-corrected chi connectivity index (χ4v) is 2.73. The molecule has 1 saturated carbocycles. The first-order valence-corrected chi connectivity index (χ1v) is 7.06. The molecular weight excluding hydrogens is 182 g/mol. The Kier molecular flexibility index (Phi) is 7.08. The highest BCUT2D eigenvalue weighted by Gasteiger charge is 2.15. The summed E-state index contributed by atoms with van der Waals surface area (Å²) in [5.41, 5.74) is 0. The van der Waals surface area contributed by atoms with Gasteiger partial charge in [-0.1, -0.05) is 51.9 Å². The number of nitrogens with one attached hydrogen (secondary N) is 1. The molecule has 1 aliphatic carbocycles. The number of unbranched alkanes of at least 4 members (excludes halogenated alkanes) is 2. The third kappa shape index (κ3) is 6.19. The summed E-state index contributed by atoms with van der Waals surface area (Å²) in [6.07, 6.45) is 12.9. The Hall–Kier alpha value is -0.0400. The Balaban J connectivity index is 1.98. The normalized spacial score (nSPS) is 20.4. The van der Waals surface area contributed by atoms with Crippen molar-refractivity contribution < 1.29 is 0 Å². The molecule has 1 N–H and O–H groups in total. The van der Waals surface area contributed by atoms with E-state index in [1.54, 1.807) is 0 Å². The Morgan fingerprint density at radius 2 is 1.87 bits per heavy atom. The van der Waals surface area contributed by atoms with E-state index in [1.807, 2.05) is 0 Å². The highest BCUT2D eigenvalue weighted by molar-refractivity contribution is 4.71. The van der Waals surface area contributed by atoms with E-state index in [1.165, 1.54) is 64.3 Å². The van der Waals surface area contributed by atoms with Crippen LogP contribution in [0.1, 0.15) is 71.6 Å². The van der Waals surface area contributed by atoms with Gasteiger partial charge in [0.1, 0.15) is 0 Å². The molecule has 90 valence electrons. The zero-order chi connectivity index (χ0) is 10.9. The second kappa shape index (κ2) is 8.15. The fourth-order valence-electron chi connectivity index (χ4n) is 2.73. The molecule has 0 spiro atoms. The quantitative estimate of drug-likeness (QED) is 0.624. The standard InChI is InChI=1S/C14H29N/c1-3-4-8-11-15-13(2)12-14-9-6-5-7-10-14/h13-15H,3-12H2,1-2H3. The molecule has 0 amide bonds. The molecule has 1 atom stereocenters. The van der Waals surface area contributed by atoms with Gasteiger partial charge in [0, 0.05) is 6.04 Å². The van der Waals surface area contributed by atoms with Crippen molar-refractivity contribution in [2.24, 2.45) is 5.92 Å². The summed E-state index contributed by atoms with van der Waals surface area (Å²) in [4.78, 5) is 0. The van der Waals surface area contributed by atoms with Gasteiger partial charge in [-0.3, -0.25) is 0 Å². The van der Waals surface area contributed by atoms with E-state index in [9.17, 15) is 0 Å². The van der Waals surface area contributed by atoms with Crippen LogP contribution in [0, 0.1) is 5.92 Å². The molecule has 1 rings (SSSR count). The maximum absolute atomic E-state index is 3.66. The molecular formula is C14H29N. The first-order chi connectivity index (χ1) is 7.33. The van der Waals surface area contributed by atoms with Gasteiger partial charge in [-0.25, -0.2) is 0 Å². The molecule has 0 aromatic rings. The molecule has 0 aromatic heterocycles. The lowest BCUT2D eigenvalue weighted by Crippen LogP contribution is -2.29. The van der Waals surface area contributed by atoms with Crippen molar-refractivity contribution in [3.8, 4) is 0 Å². The summed E-state index contributed by atoms with van der Waals surface area (Å²) >= 11 is 0. The monoisotopic (exact) mass is 211 g/mol. The van der Waals surface area contributed by atoms with Gasteiger partial charge < -0.3 is 5.32 Å². The van der Waals surface area contributed by atoms with Crippen LogP contribution in [0.3, 0.4) is 0 Å². The minimum atomic E-state index is 0.741. The summed E-state index contributed by atoms with van der Waals surface area (Å²) in [5, 5.41) is 3.66. The van der Waals surface area contributed by atoms with E-state index in [0.717, 1.165) is 12.0 Å². The molecule has 1 fully saturated rings. The SMILES string of the molecule is CCCCCNC(C)CC1CCCCC1. The molecule has 0 saturated heterocycles. The van der Waals surface area contributed by atoms with Gasteiger partial charge in [0.15, 0.2) is 0 Å². The molecule has 15 heavy (non-hydrogen) atoms. The van der Waals surface area contributed by atoms with Crippen molar-refractivity contribution in [2.75, 3.05) is 6.54 Å². The van der Waals surface area contributed by atoms with Crippen LogP contribution in [0.2, 0.25) is 0 Å². The van der Waals surface area contributed by atoms with Crippen LogP contribution >= 0.6 is 0 Å². The summed E-state index contributed by atoms with van der Waals surface area (Å²) in [6, 6.07) is 0.741. The second-order valence-corrected chi connectivity index (χ2v) is 5.30. The van der Waals surface area contributed by atoms with Crippen molar-refractivity contribution in [3.05, 3.63) is 0 Å². The predicted molar refractivity (Wildman–Crippen MR) is 68.2 cm³/mol. The average Bonchev–Trinajstić information content (AvgIpc) is 2.26. The van der Waals surface area contributed by atoms with Crippen LogP contribution in [0.4, 0.5) is 0 Å². The van der Waals surface area contributed by atoms with Gasteiger partial charge in [0.05, 0.1) is 0 Å². The van der Waals surface area contributed by atoms with E-state index in [0.29, 0.717) is 0 Å². The fraction of sp³-hybridized carbons (Fsp3) is 1.00. The molecule has 1 heteroatoms. The Labute approximate surface area is 96.0 Å². The Morgan fingerprint density at radius 1 is 1.13 bits per heavy atom. The smallest absolute Gasteiger partial charge is 0.00413 e. The molecule has 1 aliphatic rings. The van der Waals surface area contributed by atoms with Crippen molar-refractivity contribution >= 4 is 0 Å². The molecule has 0 aromatic carbocycles. The van der Waals surface area contributed by atoms with Crippen molar-refractivity contribution in [3.63, 3.8) is 0 Å². The lowest BCUT2D eigenvalue weighted by molar-refractivity contribution is 0.304.